The molecule has 23 heavy (non-hydrogen) atoms. The quantitative estimate of drug-likeness (QED) is 0.900. The Labute approximate surface area is 135 Å². The third-order valence-corrected chi connectivity index (χ3v) is 5.21. The topological polar surface area (TPSA) is 88.3 Å². The highest BCUT2D eigenvalue weighted by Gasteiger charge is 2.20. The zero-order valence-corrected chi connectivity index (χ0v) is 14.3. The summed E-state index contributed by atoms with van der Waals surface area (Å²) >= 11 is 0. The summed E-state index contributed by atoms with van der Waals surface area (Å²) in [6.45, 7) is 7.20. The molecule has 0 unspecified atom stereocenters. The summed E-state index contributed by atoms with van der Waals surface area (Å²) in [5, 5.41) is 7.31. The highest BCUT2D eigenvalue weighted by Crippen LogP contribution is 2.29. The van der Waals surface area contributed by atoms with Gasteiger partial charge in [-0.1, -0.05) is 0 Å². The summed E-state index contributed by atoms with van der Waals surface area (Å²) in [5.41, 5.74) is 2.48. The zero-order chi connectivity index (χ0) is 16.6. The molecular weight excluding hydrogens is 316 g/mol. The first-order valence-electron chi connectivity index (χ1n) is 7.47. The van der Waals surface area contributed by atoms with Gasteiger partial charge in [0.05, 0.1) is 4.90 Å². The molecule has 0 bridgehead atoms. The van der Waals surface area contributed by atoms with Gasteiger partial charge in [-0.3, -0.25) is 0 Å². The van der Waals surface area contributed by atoms with Crippen LogP contribution in [0.1, 0.15) is 11.1 Å². The fourth-order valence-corrected chi connectivity index (χ4v) is 3.30. The van der Waals surface area contributed by atoms with Crippen LogP contribution in [-0.2, 0) is 9.84 Å². The first-order chi connectivity index (χ1) is 10.9. The molecule has 3 rings (SSSR count). The lowest BCUT2D eigenvalue weighted by molar-refractivity contribution is 0.426. The van der Waals surface area contributed by atoms with E-state index in [1.54, 1.807) is 12.1 Å². The molecule has 0 atom stereocenters. The van der Waals surface area contributed by atoms with Gasteiger partial charge in [0.2, 0.25) is 0 Å². The van der Waals surface area contributed by atoms with E-state index in [1.165, 1.54) is 6.26 Å². The largest absolute Gasteiger partial charge is 0.336 e. The van der Waals surface area contributed by atoms with Crippen LogP contribution in [0.4, 0.5) is 5.95 Å². The third-order valence-electron chi connectivity index (χ3n) is 4.11. The number of aromatic nitrogens is 2. The van der Waals surface area contributed by atoms with E-state index >= 15 is 0 Å². The fourth-order valence-electron chi connectivity index (χ4n) is 2.58. The predicted molar refractivity (Wildman–Crippen MR) is 87.4 cm³/mol. The van der Waals surface area contributed by atoms with Crippen LogP contribution in [0.15, 0.2) is 21.6 Å². The van der Waals surface area contributed by atoms with Crippen molar-refractivity contribution in [1.29, 1.82) is 0 Å². The summed E-state index contributed by atoms with van der Waals surface area (Å²) in [6.07, 6.45) is 1.20. The molecule has 0 spiro atoms. The van der Waals surface area contributed by atoms with E-state index in [9.17, 15) is 8.42 Å². The molecule has 0 saturated carbocycles. The Morgan fingerprint density at radius 2 is 1.91 bits per heavy atom. The first kappa shape index (κ1) is 15.9. The molecule has 2 aromatic rings. The highest BCUT2D eigenvalue weighted by molar-refractivity contribution is 7.90. The molecule has 2 heterocycles. The van der Waals surface area contributed by atoms with Crippen molar-refractivity contribution < 1.29 is 12.9 Å². The van der Waals surface area contributed by atoms with Crippen LogP contribution in [0.2, 0.25) is 0 Å². The maximum atomic E-state index is 11.9. The molecular formula is C15H20N4O3S. The van der Waals surface area contributed by atoms with E-state index in [0.29, 0.717) is 17.4 Å². The Kier molecular flexibility index (Phi) is 4.11. The Bertz CT molecular complexity index is 823. The average Bonchev–Trinajstić information content (AvgIpc) is 2.99. The van der Waals surface area contributed by atoms with Gasteiger partial charge in [-0.2, -0.15) is 4.98 Å². The molecule has 0 aliphatic carbocycles. The fraction of sp³-hybridized carbons (Fsp3) is 0.467. The van der Waals surface area contributed by atoms with E-state index < -0.39 is 9.84 Å². The third kappa shape index (κ3) is 3.23. The Hall–Kier alpha value is -1.93. The van der Waals surface area contributed by atoms with Gasteiger partial charge in [0.1, 0.15) is 0 Å². The Balaban J connectivity index is 2.01. The van der Waals surface area contributed by atoms with Crippen molar-refractivity contribution in [1.82, 2.24) is 15.5 Å². The first-order valence-corrected chi connectivity index (χ1v) is 9.36. The van der Waals surface area contributed by atoms with Gasteiger partial charge in [-0.15, -0.1) is 0 Å². The van der Waals surface area contributed by atoms with Crippen LogP contribution in [-0.4, -0.2) is 51.0 Å². The Morgan fingerprint density at radius 1 is 1.22 bits per heavy atom. The number of nitrogens with zero attached hydrogens (tertiary/aromatic N) is 3. The summed E-state index contributed by atoms with van der Waals surface area (Å²) < 4.78 is 29.1. The van der Waals surface area contributed by atoms with Crippen LogP contribution in [0, 0.1) is 13.8 Å². The Morgan fingerprint density at radius 3 is 2.57 bits per heavy atom. The van der Waals surface area contributed by atoms with Crippen molar-refractivity contribution in [2.24, 2.45) is 0 Å². The molecule has 0 amide bonds. The van der Waals surface area contributed by atoms with Crippen molar-refractivity contribution in [3.05, 3.63) is 23.3 Å². The average molecular weight is 336 g/mol. The van der Waals surface area contributed by atoms with Gasteiger partial charge in [0.25, 0.3) is 11.8 Å². The second-order valence-corrected chi connectivity index (χ2v) is 7.84. The van der Waals surface area contributed by atoms with E-state index in [-0.39, 0.29) is 4.90 Å². The lowest BCUT2D eigenvalue weighted by Crippen LogP contribution is -2.44. The van der Waals surface area contributed by atoms with E-state index in [4.69, 9.17) is 4.52 Å². The second-order valence-electron chi connectivity index (χ2n) is 5.82. The molecule has 1 aromatic heterocycles. The maximum Gasteiger partial charge on any atom is 0.266 e. The van der Waals surface area contributed by atoms with Gasteiger partial charge in [-0.25, -0.2) is 8.42 Å². The highest BCUT2D eigenvalue weighted by atomic mass is 32.2. The van der Waals surface area contributed by atoms with Crippen molar-refractivity contribution >= 4 is 15.8 Å². The number of hydrogen-bond donors (Lipinski definition) is 1. The van der Waals surface area contributed by atoms with Gasteiger partial charge >= 0.3 is 0 Å². The lowest BCUT2D eigenvalue weighted by atomic mass is 10.0. The van der Waals surface area contributed by atoms with Crippen molar-refractivity contribution in [3.8, 4) is 11.5 Å². The van der Waals surface area contributed by atoms with E-state index in [2.05, 4.69) is 15.5 Å². The minimum atomic E-state index is -3.29. The number of rotatable bonds is 3. The standard InChI is InChI=1S/C15H20N4O3S/c1-10-8-12(23(3,20)21)9-13(11(10)2)14-17-15(18-22-14)19-6-4-16-5-7-19/h8-9,16H,4-7H2,1-3H3. The molecule has 8 heteroatoms. The lowest BCUT2D eigenvalue weighted by Gasteiger charge is -2.25. The van der Waals surface area contributed by atoms with Crippen LogP contribution in [0.3, 0.4) is 0 Å². The van der Waals surface area contributed by atoms with Gasteiger partial charge < -0.3 is 14.7 Å². The number of benzene rings is 1. The number of piperazine rings is 1. The molecule has 1 aliphatic rings. The number of anilines is 1. The monoisotopic (exact) mass is 336 g/mol. The van der Waals surface area contributed by atoms with Crippen LogP contribution in [0.5, 0.6) is 0 Å². The van der Waals surface area contributed by atoms with Crippen molar-refractivity contribution in [2.75, 3.05) is 37.3 Å². The molecule has 1 saturated heterocycles. The molecule has 7 nitrogen and oxygen atoms in total. The molecule has 1 N–H and O–H groups in total. The molecule has 0 radical (unpaired) electrons. The SMILES string of the molecule is Cc1cc(S(C)(=O)=O)cc(-c2nc(N3CCNCC3)no2)c1C. The van der Waals surface area contributed by atoms with Gasteiger partial charge in [0.15, 0.2) is 9.84 Å². The number of nitrogens with one attached hydrogen (secondary N) is 1. The van der Waals surface area contributed by atoms with E-state index in [1.807, 2.05) is 18.7 Å². The summed E-state index contributed by atoms with van der Waals surface area (Å²) in [7, 11) is -3.29. The second kappa shape index (κ2) is 5.93. The molecule has 1 aromatic carbocycles. The summed E-state index contributed by atoms with van der Waals surface area (Å²) in [6, 6.07) is 3.27. The number of hydrogen-bond acceptors (Lipinski definition) is 7. The van der Waals surface area contributed by atoms with Gasteiger partial charge in [-0.05, 0) is 42.3 Å². The summed E-state index contributed by atoms with van der Waals surface area (Å²) in [4.78, 5) is 6.76. The van der Waals surface area contributed by atoms with E-state index in [0.717, 1.165) is 37.3 Å². The number of aryl methyl sites for hydroxylation is 1. The minimum Gasteiger partial charge on any atom is -0.336 e. The normalized spacial score (nSPS) is 15.9. The minimum absolute atomic E-state index is 0.262. The van der Waals surface area contributed by atoms with Crippen LogP contribution in [0.25, 0.3) is 11.5 Å². The number of sulfone groups is 1. The molecule has 124 valence electrons. The zero-order valence-electron chi connectivity index (χ0n) is 13.5. The summed E-state index contributed by atoms with van der Waals surface area (Å²) in [5.74, 6) is 0.896. The van der Waals surface area contributed by atoms with Crippen LogP contribution < -0.4 is 10.2 Å². The maximum absolute atomic E-state index is 11.9. The predicted octanol–water partition coefficient (Wildman–Crippen LogP) is 1.17. The van der Waals surface area contributed by atoms with Crippen molar-refractivity contribution in [3.63, 3.8) is 0 Å². The molecule has 1 fully saturated rings. The van der Waals surface area contributed by atoms with Gasteiger partial charge in [0, 0.05) is 38.0 Å². The smallest absolute Gasteiger partial charge is 0.266 e. The van der Waals surface area contributed by atoms with Crippen LogP contribution >= 0.6 is 0 Å². The molecule has 1 aliphatic heterocycles. The van der Waals surface area contributed by atoms with Crippen molar-refractivity contribution in [2.45, 2.75) is 18.7 Å².